The molecular weight excluding hydrogens is 314 g/mol. The summed E-state index contributed by atoms with van der Waals surface area (Å²) >= 11 is 0. The van der Waals surface area contributed by atoms with Crippen molar-refractivity contribution in [3.05, 3.63) is 29.8 Å². The number of primary sulfonamides is 1. The van der Waals surface area contributed by atoms with Gasteiger partial charge in [0.1, 0.15) is 0 Å². The van der Waals surface area contributed by atoms with Gasteiger partial charge in [0.2, 0.25) is 15.9 Å². The van der Waals surface area contributed by atoms with Gasteiger partial charge in [-0.05, 0) is 43.5 Å². The van der Waals surface area contributed by atoms with Crippen LogP contribution in [0.25, 0.3) is 0 Å². The largest absolute Gasteiger partial charge is 0.352 e. The van der Waals surface area contributed by atoms with Crippen LogP contribution >= 0.6 is 0 Å². The molecule has 1 saturated carbocycles. The van der Waals surface area contributed by atoms with Gasteiger partial charge in [-0.1, -0.05) is 31.4 Å². The summed E-state index contributed by atoms with van der Waals surface area (Å²) in [5.41, 5.74) is 0.998. The highest BCUT2D eigenvalue weighted by molar-refractivity contribution is 7.89. The van der Waals surface area contributed by atoms with Gasteiger partial charge in [-0.15, -0.1) is 0 Å². The first-order valence-electron chi connectivity index (χ1n) is 8.07. The second-order valence-electron chi connectivity index (χ2n) is 6.02. The van der Waals surface area contributed by atoms with E-state index in [-0.39, 0.29) is 10.8 Å². The number of benzene rings is 1. The van der Waals surface area contributed by atoms with Crippen LogP contribution in [0.5, 0.6) is 0 Å². The van der Waals surface area contributed by atoms with Crippen molar-refractivity contribution in [1.82, 2.24) is 10.6 Å². The summed E-state index contributed by atoms with van der Waals surface area (Å²) in [6, 6.07) is 6.82. The first-order valence-corrected chi connectivity index (χ1v) is 9.61. The minimum atomic E-state index is -3.64. The second-order valence-corrected chi connectivity index (χ2v) is 7.58. The van der Waals surface area contributed by atoms with E-state index in [0.29, 0.717) is 19.1 Å². The second kappa shape index (κ2) is 8.42. The summed E-state index contributed by atoms with van der Waals surface area (Å²) in [5, 5.41) is 11.2. The molecule has 1 fully saturated rings. The van der Waals surface area contributed by atoms with E-state index in [4.69, 9.17) is 5.14 Å². The van der Waals surface area contributed by atoms with Crippen molar-refractivity contribution in [2.75, 3.05) is 13.1 Å². The maximum atomic E-state index is 11.8. The van der Waals surface area contributed by atoms with E-state index in [1.54, 1.807) is 12.1 Å². The lowest BCUT2D eigenvalue weighted by molar-refractivity contribution is -0.121. The number of nitrogens with two attached hydrogens (primary N) is 1. The molecule has 0 aromatic heterocycles. The van der Waals surface area contributed by atoms with Crippen molar-refractivity contribution in [1.29, 1.82) is 0 Å². The normalized spacial score (nSPS) is 16.2. The third kappa shape index (κ3) is 6.29. The van der Waals surface area contributed by atoms with Crippen molar-refractivity contribution in [3.63, 3.8) is 0 Å². The summed E-state index contributed by atoms with van der Waals surface area (Å²) < 4.78 is 22.3. The van der Waals surface area contributed by atoms with Crippen molar-refractivity contribution >= 4 is 15.9 Å². The van der Waals surface area contributed by atoms with Gasteiger partial charge in [-0.2, -0.15) is 0 Å². The Morgan fingerprint density at radius 3 is 2.39 bits per heavy atom. The molecule has 0 bridgehead atoms. The third-order valence-corrected chi connectivity index (χ3v) is 5.03. The van der Waals surface area contributed by atoms with Crippen LogP contribution in [-0.4, -0.2) is 33.5 Å². The van der Waals surface area contributed by atoms with Gasteiger partial charge in [-0.25, -0.2) is 13.6 Å². The SMILES string of the molecule is NS(=O)(=O)c1ccc(CCNCC(=O)NC2CCCCC2)cc1. The lowest BCUT2D eigenvalue weighted by Crippen LogP contribution is -2.41. The smallest absolute Gasteiger partial charge is 0.238 e. The van der Waals surface area contributed by atoms with Crippen LogP contribution in [0.3, 0.4) is 0 Å². The van der Waals surface area contributed by atoms with Gasteiger partial charge < -0.3 is 10.6 Å². The Morgan fingerprint density at radius 2 is 1.78 bits per heavy atom. The molecule has 0 radical (unpaired) electrons. The number of nitrogens with one attached hydrogen (secondary N) is 2. The van der Waals surface area contributed by atoms with Gasteiger partial charge in [0.05, 0.1) is 11.4 Å². The number of hydrogen-bond donors (Lipinski definition) is 3. The number of carbonyl (C=O) groups excluding carboxylic acids is 1. The predicted octanol–water partition coefficient (Wildman–Crippen LogP) is 0.915. The summed E-state index contributed by atoms with van der Waals surface area (Å²) in [7, 11) is -3.64. The first kappa shape index (κ1) is 17.9. The van der Waals surface area contributed by atoms with Crippen molar-refractivity contribution in [3.8, 4) is 0 Å². The van der Waals surface area contributed by atoms with Crippen molar-refractivity contribution < 1.29 is 13.2 Å². The molecule has 1 aliphatic rings. The van der Waals surface area contributed by atoms with E-state index in [1.807, 2.05) is 0 Å². The number of amides is 1. The molecule has 0 spiro atoms. The van der Waals surface area contributed by atoms with Gasteiger partial charge in [0.25, 0.3) is 0 Å². The summed E-state index contributed by atoms with van der Waals surface area (Å²) in [4.78, 5) is 11.9. The molecule has 1 aliphatic carbocycles. The fraction of sp³-hybridized carbons (Fsp3) is 0.562. The molecular formula is C16H25N3O3S. The standard InChI is InChI=1S/C16H25N3O3S/c17-23(21,22)15-8-6-13(7-9-15)10-11-18-12-16(20)19-14-4-2-1-3-5-14/h6-9,14,18H,1-5,10-12H2,(H,19,20)(H2,17,21,22). The molecule has 0 aliphatic heterocycles. The van der Waals surface area contributed by atoms with Gasteiger partial charge in [-0.3, -0.25) is 4.79 Å². The van der Waals surface area contributed by atoms with E-state index in [0.717, 1.165) is 24.8 Å². The Hall–Kier alpha value is -1.44. The zero-order valence-corrected chi connectivity index (χ0v) is 14.1. The molecule has 1 aromatic rings. The maximum absolute atomic E-state index is 11.8. The van der Waals surface area contributed by atoms with Crippen LogP contribution in [0.1, 0.15) is 37.7 Å². The molecule has 2 rings (SSSR count). The molecule has 0 saturated heterocycles. The highest BCUT2D eigenvalue weighted by Gasteiger charge is 2.15. The van der Waals surface area contributed by atoms with E-state index in [2.05, 4.69) is 10.6 Å². The summed E-state index contributed by atoms with van der Waals surface area (Å²) in [5.74, 6) is 0.0430. The maximum Gasteiger partial charge on any atom is 0.238 e. The predicted molar refractivity (Wildman–Crippen MR) is 89.4 cm³/mol. The minimum absolute atomic E-state index is 0.0430. The molecule has 0 unspecified atom stereocenters. The number of sulfonamides is 1. The molecule has 23 heavy (non-hydrogen) atoms. The fourth-order valence-corrected chi connectivity index (χ4v) is 3.32. The first-order chi connectivity index (χ1) is 10.9. The fourth-order valence-electron chi connectivity index (χ4n) is 2.81. The van der Waals surface area contributed by atoms with Gasteiger partial charge >= 0.3 is 0 Å². The topological polar surface area (TPSA) is 101 Å². The molecule has 7 heteroatoms. The highest BCUT2D eigenvalue weighted by atomic mass is 32.2. The summed E-state index contributed by atoms with van der Waals surface area (Å²) in [6.45, 7) is 0.971. The Labute approximate surface area is 137 Å². The van der Waals surface area contributed by atoms with Crippen LogP contribution in [0.15, 0.2) is 29.2 Å². The Morgan fingerprint density at radius 1 is 1.13 bits per heavy atom. The van der Waals surface area contributed by atoms with Crippen LogP contribution in [0.2, 0.25) is 0 Å². The van der Waals surface area contributed by atoms with E-state index < -0.39 is 10.0 Å². The quantitative estimate of drug-likeness (QED) is 0.643. The lowest BCUT2D eigenvalue weighted by atomic mass is 9.95. The molecule has 1 aromatic carbocycles. The number of hydrogen-bond acceptors (Lipinski definition) is 4. The molecule has 0 atom stereocenters. The molecule has 4 N–H and O–H groups in total. The monoisotopic (exact) mass is 339 g/mol. The Kier molecular flexibility index (Phi) is 6.56. The molecule has 1 amide bonds. The van der Waals surface area contributed by atoms with E-state index in [1.165, 1.54) is 31.4 Å². The van der Waals surface area contributed by atoms with Crippen LogP contribution in [-0.2, 0) is 21.2 Å². The molecule has 0 heterocycles. The third-order valence-electron chi connectivity index (χ3n) is 4.10. The van der Waals surface area contributed by atoms with Crippen LogP contribution in [0.4, 0.5) is 0 Å². The van der Waals surface area contributed by atoms with Crippen LogP contribution in [0, 0.1) is 0 Å². The molecule has 6 nitrogen and oxygen atoms in total. The zero-order valence-electron chi connectivity index (χ0n) is 13.3. The van der Waals surface area contributed by atoms with Gasteiger partial charge in [0.15, 0.2) is 0 Å². The van der Waals surface area contributed by atoms with Gasteiger partial charge in [0, 0.05) is 6.04 Å². The average Bonchev–Trinajstić information content (AvgIpc) is 2.52. The Bertz CT molecular complexity index is 608. The number of rotatable bonds is 7. The Balaban J connectivity index is 1.65. The lowest BCUT2D eigenvalue weighted by Gasteiger charge is -2.22. The summed E-state index contributed by atoms with van der Waals surface area (Å²) in [6.07, 6.45) is 6.57. The van der Waals surface area contributed by atoms with Crippen molar-refractivity contribution in [2.45, 2.75) is 49.5 Å². The highest BCUT2D eigenvalue weighted by Crippen LogP contribution is 2.17. The molecule has 128 valence electrons. The van der Waals surface area contributed by atoms with Crippen molar-refractivity contribution in [2.24, 2.45) is 5.14 Å². The van der Waals surface area contributed by atoms with E-state index >= 15 is 0 Å². The zero-order chi connectivity index (χ0) is 16.7. The van der Waals surface area contributed by atoms with Crippen LogP contribution < -0.4 is 15.8 Å². The van der Waals surface area contributed by atoms with E-state index in [9.17, 15) is 13.2 Å². The minimum Gasteiger partial charge on any atom is -0.352 e. The average molecular weight is 339 g/mol. The number of carbonyl (C=O) groups is 1.